The van der Waals surface area contributed by atoms with Crippen LogP contribution in [-0.4, -0.2) is 35.4 Å². The Morgan fingerprint density at radius 2 is 2.07 bits per heavy atom. The van der Waals surface area contributed by atoms with Crippen LogP contribution in [0.5, 0.6) is 0 Å². The molecule has 0 aliphatic heterocycles. The van der Waals surface area contributed by atoms with Crippen LogP contribution in [-0.2, 0) is 0 Å². The van der Waals surface area contributed by atoms with Crippen LogP contribution in [0, 0.1) is 17.2 Å². The molecule has 1 aliphatic rings. The number of anilines is 1. The van der Waals surface area contributed by atoms with Gasteiger partial charge in [-0.05, 0) is 24.8 Å². The smallest absolute Gasteiger partial charge is 0.158 e. The quantitative estimate of drug-likeness (QED) is 0.583. The number of imidazole rings is 1. The maximum absolute atomic E-state index is 8.85. The Morgan fingerprint density at radius 1 is 1.15 bits per heavy atom. The van der Waals surface area contributed by atoms with E-state index in [9.17, 15) is 0 Å². The van der Waals surface area contributed by atoms with Gasteiger partial charge in [-0.3, -0.25) is 4.40 Å². The third-order valence-corrected chi connectivity index (χ3v) is 5.45. The summed E-state index contributed by atoms with van der Waals surface area (Å²) in [5.41, 5.74) is 4.35. The summed E-state index contributed by atoms with van der Waals surface area (Å²) in [5, 5.41) is 12.3. The molecular formula is C19H18N8. The minimum atomic E-state index is 0.307. The van der Waals surface area contributed by atoms with Crippen LogP contribution < -0.4 is 5.32 Å². The molecule has 4 heterocycles. The predicted octanol–water partition coefficient (Wildman–Crippen LogP) is 2.87. The van der Waals surface area contributed by atoms with Crippen molar-refractivity contribution in [1.29, 1.82) is 5.26 Å². The Labute approximate surface area is 155 Å². The summed E-state index contributed by atoms with van der Waals surface area (Å²) in [5.74, 6) is 1.61. The third kappa shape index (κ3) is 2.59. The molecule has 0 spiro atoms. The summed E-state index contributed by atoms with van der Waals surface area (Å²) in [6, 6.07) is 4.34. The zero-order valence-electron chi connectivity index (χ0n) is 14.8. The lowest BCUT2D eigenvalue weighted by Gasteiger charge is -2.15. The molecule has 0 aromatic carbocycles. The van der Waals surface area contributed by atoms with Crippen LogP contribution in [0.15, 0.2) is 37.1 Å². The van der Waals surface area contributed by atoms with Crippen molar-refractivity contribution in [2.45, 2.75) is 31.7 Å². The predicted molar refractivity (Wildman–Crippen MR) is 100 cm³/mol. The van der Waals surface area contributed by atoms with Crippen LogP contribution in [0.2, 0.25) is 0 Å². The number of H-pyrrole nitrogens is 1. The Bertz CT molecular complexity index is 1150. The van der Waals surface area contributed by atoms with Gasteiger partial charge in [-0.1, -0.05) is 6.92 Å². The topological polar surface area (TPSA) is 108 Å². The second kappa shape index (κ2) is 6.06. The van der Waals surface area contributed by atoms with E-state index in [0.29, 0.717) is 29.4 Å². The molecule has 4 aromatic heterocycles. The summed E-state index contributed by atoms with van der Waals surface area (Å²) in [6.45, 7) is 2.28. The van der Waals surface area contributed by atoms with Crippen LogP contribution in [0.4, 0.5) is 5.82 Å². The minimum absolute atomic E-state index is 0.307. The molecule has 27 heavy (non-hydrogen) atoms. The van der Waals surface area contributed by atoms with Crippen molar-refractivity contribution in [1.82, 2.24) is 29.3 Å². The first-order valence-electron chi connectivity index (χ1n) is 9.01. The first-order valence-corrected chi connectivity index (χ1v) is 9.01. The monoisotopic (exact) mass is 358 g/mol. The lowest BCUT2D eigenvalue weighted by molar-refractivity contribution is 0.520. The molecule has 0 saturated heterocycles. The lowest BCUT2D eigenvalue weighted by Crippen LogP contribution is -2.16. The van der Waals surface area contributed by atoms with E-state index in [4.69, 9.17) is 5.26 Å². The number of fused-ring (bicyclic) bond motifs is 3. The zero-order chi connectivity index (χ0) is 18.4. The highest BCUT2D eigenvalue weighted by molar-refractivity contribution is 5.74. The number of hydrogen-bond donors (Lipinski definition) is 2. The summed E-state index contributed by atoms with van der Waals surface area (Å²) in [6.07, 6.45) is 10.9. The molecule has 4 aromatic rings. The fourth-order valence-corrected chi connectivity index (χ4v) is 4.20. The molecule has 134 valence electrons. The normalized spacial score (nSPS) is 22.3. The van der Waals surface area contributed by atoms with Gasteiger partial charge in [0.15, 0.2) is 17.0 Å². The molecular weight excluding hydrogens is 340 g/mol. The van der Waals surface area contributed by atoms with Crippen molar-refractivity contribution in [3.63, 3.8) is 0 Å². The second-order valence-electron chi connectivity index (χ2n) is 7.14. The molecule has 8 heteroatoms. The van der Waals surface area contributed by atoms with Gasteiger partial charge in [0.05, 0.1) is 24.1 Å². The van der Waals surface area contributed by atoms with Crippen molar-refractivity contribution in [2.24, 2.45) is 5.92 Å². The molecule has 0 radical (unpaired) electrons. The number of nitrogens with one attached hydrogen (secondary N) is 2. The van der Waals surface area contributed by atoms with E-state index in [1.54, 1.807) is 6.20 Å². The molecule has 1 aliphatic carbocycles. The largest absolute Gasteiger partial charge is 0.366 e. The maximum atomic E-state index is 8.85. The number of rotatable bonds is 3. The molecule has 8 nitrogen and oxygen atoms in total. The first-order chi connectivity index (χ1) is 13.2. The highest BCUT2D eigenvalue weighted by atomic mass is 15.1. The van der Waals surface area contributed by atoms with Crippen molar-refractivity contribution < 1.29 is 0 Å². The van der Waals surface area contributed by atoms with Crippen LogP contribution in [0.25, 0.3) is 16.8 Å². The SMILES string of the molecule is CC1CC(Nc2cnc(C#N)cn2)CC1c1cnc2cnc3[nH]ccc3n12. The minimum Gasteiger partial charge on any atom is -0.366 e. The van der Waals surface area contributed by atoms with Crippen molar-refractivity contribution in [2.75, 3.05) is 5.32 Å². The number of aromatic amines is 1. The van der Waals surface area contributed by atoms with Gasteiger partial charge >= 0.3 is 0 Å². The van der Waals surface area contributed by atoms with Gasteiger partial charge in [-0.15, -0.1) is 0 Å². The van der Waals surface area contributed by atoms with Gasteiger partial charge in [0.2, 0.25) is 0 Å². The van der Waals surface area contributed by atoms with E-state index in [-0.39, 0.29) is 0 Å². The fourth-order valence-electron chi connectivity index (χ4n) is 4.20. The highest BCUT2D eigenvalue weighted by Gasteiger charge is 2.34. The molecule has 3 unspecified atom stereocenters. The number of nitrogens with zero attached hydrogens (tertiary/aromatic N) is 6. The third-order valence-electron chi connectivity index (χ3n) is 5.45. The molecule has 0 amide bonds. The number of aromatic nitrogens is 6. The average Bonchev–Trinajstić information content (AvgIpc) is 3.39. The number of nitriles is 1. The molecule has 1 saturated carbocycles. The summed E-state index contributed by atoms with van der Waals surface area (Å²) >= 11 is 0. The molecule has 1 fully saturated rings. The summed E-state index contributed by atoms with van der Waals surface area (Å²) in [7, 11) is 0. The second-order valence-corrected chi connectivity index (χ2v) is 7.14. The lowest BCUT2D eigenvalue weighted by atomic mass is 9.95. The Hall–Kier alpha value is -3.47. The number of hydrogen-bond acceptors (Lipinski definition) is 6. The van der Waals surface area contributed by atoms with E-state index < -0.39 is 0 Å². The molecule has 0 bridgehead atoms. The highest BCUT2D eigenvalue weighted by Crippen LogP contribution is 2.41. The van der Waals surface area contributed by atoms with E-state index in [0.717, 1.165) is 29.7 Å². The van der Waals surface area contributed by atoms with Crippen molar-refractivity contribution >= 4 is 22.6 Å². The van der Waals surface area contributed by atoms with Crippen LogP contribution in [0.1, 0.15) is 37.1 Å². The average molecular weight is 358 g/mol. The Kier molecular flexibility index (Phi) is 3.53. The summed E-state index contributed by atoms with van der Waals surface area (Å²) in [4.78, 5) is 20.5. The van der Waals surface area contributed by atoms with Gasteiger partial charge < -0.3 is 10.3 Å². The van der Waals surface area contributed by atoms with Crippen molar-refractivity contribution in [3.8, 4) is 6.07 Å². The van der Waals surface area contributed by atoms with Crippen LogP contribution in [0.3, 0.4) is 0 Å². The first kappa shape index (κ1) is 15.8. The molecule has 3 atom stereocenters. The van der Waals surface area contributed by atoms with Gasteiger partial charge in [0, 0.05) is 30.0 Å². The van der Waals surface area contributed by atoms with Gasteiger partial charge in [0.1, 0.15) is 11.9 Å². The fraction of sp³-hybridized carbons (Fsp3) is 0.316. The zero-order valence-corrected chi connectivity index (χ0v) is 14.8. The maximum Gasteiger partial charge on any atom is 0.158 e. The van der Waals surface area contributed by atoms with Crippen LogP contribution >= 0.6 is 0 Å². The van der Waals surface area contributed by atoms with E-state index in [2.05, 4.69) is 41.6 Å². The van der Waals surface area contributed by atoms with E-state index in [1.165, 1.54) is 11.9 Å². The van der Waals surface area contributed by atoms with Gasteiger partial charge in [-0.2, -0.15) is 5.26 Å². The Balaban J connectivity index is 1.43. The van der Waals surface area contributed by atoms with E-state index >= 15 is 0 Å². The van der Waals surface area contributed by atoms with Gasteiger partial charge in [0.25, 0.3) is 0 Å². The standard InChI is InChI=1S/C19H18N8/c1-11-4-12(26-17-9-22-13(6-20)7-23-17)5-14(11)16-8-24-18-10-25-19-15(27(16)18)2-3-21-19/h2-3,7-12,14,21H,4-5H2,1H3,(H,23,26). The van der Waals surface area contributed by atoms with E-state index in [1.807, 2.05) is 30.7 Å². The van der Waals surface area contributed by atoms with Crippen molar-refractivity contribution in [3.05, 3.63) is 48.4 Å². The molecule has 2 N–H and O–H groups in total. The molecule has 5 rings (SSSR count). The summed E-state index contributed by atoms with van der Waals surface area (Å²) < 4.78 is 2.21. The Morgan fingerprint density at radius 3 is 2.89 bits per heavy atom. The van der Waals surface area contributed by atoms with Gasteiger partial charge in [-0.25, -0.2) is 19.9 Å².